The minimum absolute atomic E-state index is 0.216. The lowest BCUT2D eigenvalue weighted by Gasteiger charge is -2.15. The number of carbonyl (C=O) groups excluding carboxylic acids is 1. The van der Waals surface area contributed by atoms with Crippen LogP contribution in [0.25, 0.3) is 0 Å². The van der Waals surface area contributed by atoms with Crippen molar-refractivity contribution in [2.45, 2.75) is 32.3 Å². The molecule has 0 saturated carbocycles. The number of carbonyl (C=O) groups is 1. The van der Waals surface area contributed by atoms with Gasteiger partial charge in [0, 0.05) is 6.92 Å². The summed E-state index contributed by atoms with van der Waals surface area (Å²) in [6, 6.07) is 0. The van der Waals surface area contributed by atoms with Gasteiger partial charge in [-0.05, 0) is 19.3 Å². The summed E-state index contributed by atoms with van der Waals surface area (Å²) >= 11 is 0. The van der Waals surface area contributed by atoms with Crippen molar-refractivity contribution in [2.75, 3.05) is 25.7 Å². The van der Waals surface area contributed by atoms with Crippen LogP contribution in [0.1, 0.15) is 26.2 Å². The largest absolute Gasteiger partial charge is 0.466 e. The summed E-state index contributed by atoms with van der Waals surface area (Å²) in [4.78, 5) is 10.5. The predicted molar refractivity (Wildman–Crippen MR) is 71.0 cm³/mol. The van der Waals surface area contributed by atoms with Crippen molar-refractivity contribution in [1.82, 2.24) is 0 Å². The molecular formula is C10H20O8S2. The molecule has 10 heteroatoms. The van der Waals surface area contributed by atoms with E-state index in [1.165, 1.54) is 6.92 Å². The van der Waals surface area contributed by atoms with Crippen molar-refractivity contribution in [3.8, 4) is 0 Å². The van der Waals surface area contributed by atoms with E-state index in [4.69, 9.17) is 8.92 Å². The molecule has 0 N–H and O–H groups in total. The number of ether oxygens (including phenoxy) is 1. The van der Waals surface area contributed by atoms with Crippen molar-refractivity contribution in [1.29, 1.82) is 0 Å². The first-order valence-corrected chi connectivity index (χ1v) is 9.49. The van der Waals surface area contributed by atoms with Crippen molar-refractivity contribution in [2.24, 2.45) is 0 Å². The molecule has 0 bridgehead atoms. The van der Waals surface area contributed by atoms with Crippen LogP contribution in [0.5, 0.6) is 0 Å². The second-order valence-corrected chi connectivity index (χ2v) is 7.49. The van der Waals surface area contributed by atoms with Crippen LogP contribution in [0.2, 0.25) is 0 Å². The third kappa shape index (κ3) is 13.7. The topological polar surface area (TPSA) is 113 Å². The average molecular weight is 332 g/mol. The summed E-state index contributed by atoms with van der Waals surface area (Å²) in [5.41, 5.74) is 0. The monoisotopic (exact) mass is 332 g/mol. The van der Waals surface area contributed by atoms with Gasteiger partial charge in [-0.25, -0.2) is 0 Å². The van der Waals surface area contributed by atoms with Gasteiger partial charge in [-0.15, -0.1) is 0 Å². The van der Waals surface area contributed by atoms with E-state index in [0.717, 1.165) is 12.5 Å². The highest BCUT2D eigenvalue weighted by Gasteiger charge is 2.18. The zero-order chi connectivity index (χ0) is 15.8. The van der Waals surface area contributed by atoms with Gasteiger partial charge in [0.1, 0.15) is 6.10 Å². The van der Waals surface area contributed by atoms with Crippen LogP contribution in [0.3, 0.4) is 0 Å². The molecule has 1 atom stereocenters. The molecule has 0 heterocycles. The highest BCUT2D eigenvalue weighted by molar-refractivity contribution is 7.86. The Morgan fingerprint density at radius 3 is 2.10 bits per heavy atom. The van der Waals surface area contributed by atoms with Crippen LogP contribution in [-0.2, 0) is 38.1 Å². The van der Waals surface area contributed by atoms with E-state index in [-0.39, 0.29) is 19.6 Å². The zero-order valence-corrected chi connectivity index (χ0v) is 13.3. The Kier molecular flexibility index (Phi) is 8.25. The van der Waals surface area contributed by atoms with Gasteiger partial charge < -0.3 is 4.74 Å². The van der Waals surface area contributed by atoms with Crippen LogP contribution in [-0.4, -0.2) is 54.6 Å². The number of hydrogen-bond acceptors (Lipinski definition) is 8. The quantitative estimate of drug-likeness (QED) is 0.313. The third-order valence-electron chi connectivity index (χ3n) is 2.00. The molecule has 0 radical (unpaired) electrons. The fourth-order valence-electron chi connectivity index (χ4n) is 1.30. The highest BCUT2D eigenvalue weighted by Crippen LogP contribution is 2.10. The molecule has 0 amide bonds. The van der Waals surface area contributed by atoms with Gasteiger partial charge >= 0.3 is 5.97 Å². The first kappa shape index (κ1) is 19.3. The molecule has 8 nitrogen and oxygen atoms in total. The molecule has 0 aliphatic rings. The first-order chi connectivity index (χ1) is 8.99. The standard InChI is InChI=1S/C10H20O8S2/c1-9(11)16-7-5-4-6-10(18-20(3,14)15)8-17-19(2,12)13/h10H,4-8H2,1-3H3. The van der Waals surface area contributed by atoms with Gasteiger partial charge in [0.15, 0.2) is 0 Å². The van der Waals surface area contributed by atoms with Crippen LogP contribution < -0.4 is 0 Å². The van der Waals surface area contributed by atoms with Gasteiger partial charge in [-0.2, -0.15) is 16.8 Å². The van der Waals surface area contributed by atoms with Gasteiger partial charge in [0.25, 0.3) is 20.2 Å². The number of unbranched alkanes of at least 4 members (excludes halogenated alkanes) is 1. The first-order valence-electron chi connectivity index (χ1n) is 5.85. The van der Waals surface area contributed by atoms with E-state index in [9.17, 15) is 21.6 Å². The second-order valence-electron chi connectivity index (χ2n) is 4.25. The van der Waals surface area contributed by atoms with Crippen LogP contribution in [0.4, 0.5) is 0 Å². The normalized spacial score (nSPS) is 13.9. The molecule has 1 unspecified atom stereocenters. The van der Waals surface area contributed by atoms with Gasteiger partial charge in [0.05, 0.1) is 25.7 Å². The summed E-state index contributed by atoms with van der Waals surface area (Å²) in [7, 11) is -7.37. The summed E-state index contributed by atoms with van der Waals surface area (Å²) in [6.07, 6.45) is 2.13. The maximum atomic E-state index is 11.0. The summed E-state index contributed by atoms with van der Waals surface area (Å²) in [5, 5.41) is 0. The minimum Gasteiger partial charge on any atom is -0.466 e. The van der Waals surface area contributed by atoms with Crippen molar-refractivity contribution < 1.29 is 34.7 Å². The predicted octanol–water partition coefficient (Wildman–Crippen LogP) is 0.0408. The smallest absolute Gasteiger partial charge is 0.302 e. The van der Waals surface area contributed by atoms with E-state index < -0.39 is 32.3 Å². The Bertz CT molecular complexity index is 493. The maximum absolute atomic E-state index is 11.0. The van der Waals surface area contributed by atoms with E-state index in [1.54, 1.807) is 0 Å². The molecule has 0 saturated heterocycles. The Hall–Kier alpha value is -0.710. The third-order valence-corrected chi connectivity index (χ3v) is 3.19. The lowest BCUT2D eigenvalue weighted by atomic mass is 10.2. The van der Waals surface area contributed by atoms with Crippen molar-refractivity contribution >= 4 is 26.2 Å². The number of esters is 1. The molecule has 0 rings (SSSR count). The molecule has 0 spiro atoms. The Morgan fingerprint density at radius 2 is 1.65 bits per heavy atom. The van der Waals surface area contributed by atoms with Gasteiger partial charge in [0.2, 0.25) is 0 Å². The SMILES string of the molecule is CC(=O)OCCCCC(COS(C)(=O)=O)OS(C)(=O)=O. The van der Waals surface area contributed by atoms with Crippen LogP contribution >= 0.6 is 0 Å². The molecule has 0 fully saturated rings. The Labute approximate surface area is 119 Å². The fourth-order valence-corrected chi connectivity index (χ4v) is 2.34. The Balaban J connectivity index is 4.22. The molecule has 120 valence electrons. The molecule has 20 heavy (non-hydrogen) atoms. The van der Waals surface area contributed by atoms with Crippen LogP contribution in [0, 0.1) is 0 Å². The average Bonchev–Trinajstić information content (AvgIpc) is 2.21. The van der Waals surface area contributed by atoms with Gasteiger partial charge in [-0.3, -0.25) is 13.2 Å². The van der Waals surface area contributed by atoms with E-state index in [0.29, 0.717) is 12.8 Å². The molecular weight excluding hydrogens is 312 g/mol. The Morgan fingerprint density at radius 1 is 1.05 bits per heavy atom. The molecule has 0 aromatic carbocycles. The molecule has 0 aliphatic heterocycles. The summed E-state index contributed by atoms with van der Waals surface area (Å²) in [5.74, 6) is -0.394. The zero-order valence-electron chi connectivity index (χ0n) is 11.7. The highest BCUT2D eigenvalue weighted by atomic mass is 32.2. The van der Waals surface area contributed by atoms with Crippen LogP contribution in [0.15, 0.2) is 0 Å². The van der Waals surface area contributed by atoms with Crippen molar-refractivity contribution in [3.63, 3.8) is 0 Å². The van der Waals surface area contributed by atoms with E-state index in [2.05, 4.69) is 4.18 Å². The lowest BCUT2D eigenvalue weighted by molar-refractivity contribution is -0.141. The van der Waals surface area contributed by atoms with Crippen molar-refractivity contribution in [3.05, 3.63) is 0 Å². The number of hydrogen-bond donors (Lipinski definition) is 0. The van der Waals surface area contributed by atoms with E-state index >= 15 is 0 Å². The minimum atomic E-state index is -3.71. The summed E-state index contributed by atoms with van der Waals surface area (Å²) in [6.45, 7) is 1.13. The number of rotatable bonds is 10. The summed E-state index contributed by atoms with van der Waals surface area (Å²) < 4.78 is 57.8. The fraction of sp³-hybridized carbons (Fsp3) is 0.900. The molecule has 0 aliphatic carbocycles. The van der Waals surface area contributed by atoms with Gasteiger partial charge in [-0.1, -0.05) is 0 Å². The lowest BCUT2D eigenvalue weighted by Crippen LogP contribution is -2.25. The van der Waals surface area contributed by atoms with E-state index in [1.807, 2.05) is 0 Å². The molecule has 0 aromatic heterocycles. The maximum Gasteiger partial charge on any atom is 0.302 e. The molecule has 0 aromatic rings. The second kappa shape index (κ2) is 8.55.